The van der Waals surface area contributed by atoms with Gasteiger partial charge in [-0.2, -0.15) is 31.8 Å². The minimum absolute atomic E-state index is 0.0121. The van der Waals surface area contributed by atoms with E-state index in [4.69, 9.17) is 23.2 Å². The van der Waals surface area contributed by atoms with Crippen molar-refractivity contribution in [2.75, 3.05) is 5.32 Å². The molecule has 0 saturated heterocycles. The maximum absolute atomic E-state index is 12.3. The van der Waals surface area contributed by atoms with Crippen LogP contribution in [-0.2, 0) is 20.2 Å². The Hall–Kier alpha value is -3.99. The zero-order chi connectivity index (χ0) is 29.7. The summed E-state index contributed by atoms with van der Waals surface area (Å²) in [5.74, 6) is -0.700. The van der Waals surface area contributed by atoms with E-state index < -0.39 is 35.8 Å². The number of aromatic nitrogens is 3. The molecule has 1 aromatic heterocycles. The maximum Gasteiger partial charge on any atom is 0.297 e. The third kappa shape index (κ3) is 5.76. The summed E-state index contributed by atoms with van der Waals surface area (Å²) >= 11 is 11.7. The molecular formula is C24H16Cl2N6O7S2. The summed E-state index contributed by atoms with van der Waals surface area (Å²) in [6, 6.07) is 13.0. The quantitative estimate of drug-likeness (QED) is 0.123. The number of hydrogen-bond acceptors (Lipinski definition) is 11. The minimum atomic E-state index is -4.73. The lowest BCUT2D eigenvalue weighted by molar-refractivity contribution is 0.480. The van der Waals surface area contributed by atoms with Crippen molar-refractivity contribution in [1.82, 2.24) is 15.0 Å². The van der Waals surface area contributed by atoms with Crippen LogP contribution in [-0.4, -0.2) is 46.0 Å². The van der Waals surface area contributed by atoms with Gasteiger partial charge in [-0.15, -0.1) is 10.2 Å². The molecule has 0 radical (unpaired) electrons. The van der Waals surface area contributed by atoms with Crippen LogP contribution in [0.3, 0.4) is 0 Å². The molecular weight excluding hydrogens is 619 g/mol. The van der Waals surface area contributed by atoms with Gasteiger partial charge in [0.2, 0.25) is 16.5 Å². The lowest BCUT2D eigenvalue weighted by Crippen LogP contribution is -2.03. The Morgan fingerprint density at radius 2 is 1.51 bits per heavy atom. The second-order valence-electron chi connectivity index (χ2n) is 8.57. The number of benzene rings is 4. The molecule has 0 aliphatic rings. The van der Waals surface area contributed by atoms with E-state index in [1.165, 1.54) is 25.1 Å². The number of nitrogens with zero attached hydrogens (tertiary/aromatic N) is 5. The molecule has 5 rings (SSSR count). The van der Waals surface area contributed by atoms with Gasteiger partial charge in [0.25, 0.3) is 20.2 Å². The van der Waals surface area contributed by atoms with Crippen molar-refractivity contribution in [2.24, 2.45) is 10.2 Å². The lowest BCUT2D eigenvalue weighted by atomic mass is 10.0. The number of halogens is 2. The third-order valence-corrected chi connectivity index (χ3v) is 7.96. The Balaban J connectivity index is 1.72. The molecule has 0 aliphatic heterocycles. The Morgan fingerprint density at radius 3 is 2.17 bits per heavy atom. The summed E-state index contributed by atoms with van der Waals surface area (Å²) < 4.78 is 68.1. The Labute approximate surface area is 242 Å². The predicted octanol–water partition coefficient (Wildman–Crippen LogP) is 6.15. The van der Waals surface area contributed by atoms with Gasteiger partial charge in [-0.3, -0.25) is 9.11 Å². The van der Waals surface area contributed by atoms with Crippen molar-refractivity contribution < 1.29 is 31.0 Å². The molecule has 1 heterocycles. The number of anilines is 2. The number of nitrogens with one attached hydrogen (secondary N) is 1. The summed E-state index contributed by atoms with van der Waals surface area (Å²) in [5.41, 5.74) is -0.0923. The Kier molecular flexibility index (Phi) is 7.27. The van der Waals surface area contributed by atoms with Crippen LogP contribution in [0, 0.1) is 6.92 Å². The number of rotatable bonds is 6. The molecule has 4 aromatic carbocycles. The number of phenolic OH excluding ortho intramolecular Hbond substituents is 1. The molecule has 0 fully saturated rings. The second kappa shape index (κ2) is 10.4. The SMILES string of the molecule is Cc1cc2cc(S(=O)(=O)O)cc(Nc3nc(Cl)nc(Cl)n3)c2c(O)c1N=Nc1ccc2ccccc2c1S(=O)(=O)O. The number of hydrogen-bond donors (Lipinski definition) is 4. The van der Waals surface area contributed by atoms with Crippen LogP contribution in [0.1, 0.15) is 5.56 Å². The number of azo groups is 1. The van der Waals surface area contributed by atoms with Crippen molar-refractivity contribution in [3.63, 3.8) is 0 Å². The summed E-state index contributed by atoms with van der Waals surface area (Å²) in [4.78, 5) is 10.4. The predicted molar refractivity (Wildman–Crippen MR) is 151 cm³/mol. The molecule has 13 nitrogen and oxygen atoms in total. The number of phenols is 1. The normalized spacial score (nSPS) is 12.4. The molecule has 0 atom stereocenters. The molecule has 0 aliphatic carbocycles. The van der Waals surface area contributed by atoms with E-state index in [-0.39, 0.29) is 49.7 Å². The molecule has 4 N–H and O–H groups in total. The van der Waals surface area contributed by atoms with Gasteiger partial charge >= 0.3 is 0 Å². The molecule has 41 heavy (non-hydrogen) atoms. The van der Waals surface area contributed by atoms with Gasteiger partial charge in [0.05, 0.1) is 10.6 Å². The minimum Gasteiger partial charge on any atom is -0.505 e. The highest BCUT2D eigenvalue weighted by molar-refractivity contribution is 7.86. The van der Waals surface area contributed by atoms with Crippen LogP contribution in [0.5, 0.6) is 5.75 Å². The first-order valence-corrected chi connectivity index (χ1v) is 14.9. The first-order chi connectivity index (χ1) is 19.2. The highest BCUT2D eigenvalue weighted by atomic mass is 35.5. The molecule has 210 valence electrons. The molecule has 0 bridgehead atoms. The van der Waals surface area contributed by atoms with Gasteiger partial charge in [-0.25, -0.2) is 0 Å². The van der Waals surface area contributed by atoms with E-state index in [0.717, 1.165) is 12.1 Å². The van der Waals surface area contributed by atoms with E-state index >= 15 is 0 Å². The highest BCUT2D eigenvalue weighted by Gasteiger charge is 2.22. The fraction of sp³-hybridized carbons (Fsp3) is 0.0417. The standard InChI is InChI=1S/C24H16Cl2N6O7S2/c1-11-8-13-9-14(40(34,35)36)10-17(27-24-29-22(25)28-23(26)30-24)18(13)20(33)19(11)32-31-16-7-6-12-4-2-3-5-15(12)21(16)41(37,38)39/h2-10,33H,1H3,(H,34,35,36)(H,37,38,39)(H,27,28,29,30). The molecule has 0 spiro atoms. The fourth-order valence-corrected chi connectivity index (χ4v) is 5.93. The van der Waals surface area contributed by atoms with Crippen molar-refractivity contribution in [1.29, 1.82) is 0 Å². The molecule has 0 unspecified atom stereocenters. The largest absolute Gasteiger partial charge is 0.505 e. The zero-order valence-corrected chi connectivity index (χ0v) is 23.6. The van der Waals surface area contributed by atoms with Crippen LogP contribution in [0.15, 0.2) is 74.6 Å². The maximum atomic E-state index is 12.3. The van der Waals surface area contributed by atoms with Gasteiger partial charge in [-0.1, -0.05) is 30.3 Å². The summed E-state index contributed by atoms with van der Waals surface area (Å²) in [6.45, 7) is 1.54. The Bertz CT molecular complexity index is 2120. The van der Waals surface area contributed by atoms with Crippen LogP contribution in [0.4, 0.5) is 23.0 Å². The second-order valence-corrected chi connectivity index (χ2v) is 12.0. The van der Waals surface area contributed by atoms with Gasteiger partial charge in [0.1, 0.15) is 16.3 Å². The lowest BCUT2D eigenvalue weighted by Gasteiger charge is -2.14. The first kappa shape index (κ1) is 28.5. The van der Waals surface area contributed by atoms with Gasteiger partial charge in [-0.05, 0) is 70.7 Å². The van der Waals surface area contributed by atoms with Crippen LogP contribution < -0.4 is 5.32 Å². The summed E-state index contributed by atoms with van der Waals surface area (Å²) in [7, 11) is -9.43. The van der Waals surface area contributed by atoms with Gasteiger partial charge < -0.3 is 10.4 Å². The number of aromatic hydroxyl groups is 1. The fourth-order valence-electron chi connectivity index (χ4n) is 4.18. The number of aryl methyl sites for hydroxylation is 1. The van der Waals surface area contributed by atoms with Crippen molar-refractivity contribution in [3.05, 3.63) is 70.7 Å². The van der Waals surface area contributed by atoms with Gasteiger partial charge in [0.15, 0.2) is 5.75 Å². The van der Waals surface area contributed by atoms with Crippen molar-refractivity contribution in [3.8, 4) is 5.75 Å². The monoisotopic (exact) mass is 634 g/mol. The summed E-state index contributed by atoms with van der Waals surface area (Å²) in [6.07, 6.45) is 0. The van der Waals surface area contributed by atoms with Crippen molar-refractivity contribution >= 4 is 88.0 Å². The molecule has 0 saturated carbocycles. The third-order valence-electron chi connectivity index (χ3n) is 5.85. The highest BCUT2D eigenvalue weighted by Crippen LogP contribution is 2.44. The average Bonchev–Trinajstić information content (AvgIpc) is 2.86. The van der Waals surface area contributed by atoms with Crippen molar-refractivity contribution in [2.45, 2.75) is 16.7 Å². The van der Waals surface area contributed by atoms with E-state index in [9.17, 15) is 31.0 Å². The number of fused-ring (bicyclic) bond motifs is 2. The molecule has 0 amide bonds. The van der Waals surface area contributed by atoms with E-state index in [2.05, 4.69) is 30.5 Å². The van der Waals surface area contributed by atoms with Crippen LogP contribution >= 0.6 is 23.2 Å². The molecule has 5 aromatic rings. The topological polar surface area (TPSA) is 204 Å². The Morgan fingerprint density at radius 1 is 0.829 bits per heavy atom. The van der Waals surface area contributed by atoms with E-state index in [0.29, 0.717) is 10.9 Å². The van der Waals surface area contributed by atoms with Crippen LogP contribution in [0.25, 0.3) is 21.5 Å². The van der Waals surface area contributed by atoms with E-state index in [1.807, 2.05) is 0 Å². The van der Waals surface area contributed by atoms with E-state index in [1.54, 1.807) is 24.3 Å². The molecule has 17 heteroatoms. The van der Waals surface area contributed by atoms with Crippen LogP contribution in [0.2, 0.25) is 10.6 Å². The summed E-state index contributed by atoms with van der Waals surface area (Å²) in [5, 5.41) is 22.5. The van der Waals surface area contributed by atoms with Gasteiger partial charge in [0, 0.05) is 10.8 Å². The smallest absolute Gasteiger partial charge is 0.297 e. The first-order valence-electron chi connectivity index (χ1n) is 11.3. The average molecular weight is 635 g/mol. The zero-order valence-electron chi connectivity index (χ0n) is 20.5.